The maximum absolute atomic E-state index is 13.3. The molecule has 5 rings (SSSR count). The molecule has 0 unspecified atom stereocenters. The van der Waals surface area contributed by atoms with Crippen LogP contribution in [0.2, 0.25) is 0 Å². The molecule has 2 fully saturated rings. The van der Waals surface area contributed by atoms with Gasteiger partial charge < -0.3 is 24.4 Å². The highest BCUT2D eigenvalue weighted by molar-refractivity contribution is 6.39. The topological polar surface area (TPSA) is 121 Å². The van der Waals surface area contributed by atoms with Crippen LogP contribution in [0.15, 0.2) is 45.8 Å². The molecule has 0 saturated carbocycles. The Morgan fingerprint density at radius 3 is 2.92 bits per heavy atom. The molecule has 3 aromatic rings. The number of nitrogens with one attached hydrogen (secondary N) is 2. The highest BCUT2D eigenvalue weighted by atomic mass is 16.5. The number of benzene rings is 1. The SMILES string of the molecule is C[C@H]1CC[C@H](c2cccc(OC[C@@H]3CCCN3C)c2)N(C(=O)C(=O)Nc2cnc3o[nH]c(=O)c3c2)C1. The van der Waals surface area contributed by atoms with Gasteiger partial charge >= 0.3 is 11.8 Å². The Balaban J connectivity index is 1.30. The van der Waals surface area contributed by atoms with Crippen molar-refractivity contribution in [2.75, 3.05) is 32.1 Å². The van der Waals surface area contributed by atoms with Crippen LogP contribution in [0.5, 0.6) is 5.75 Å². The minimum Gasteiger partial charge on any atom is -0.492 e. The molecule has 2 aliphatic heterocycles. The second kappa shape index (κ2) is 10.1. The number of nitrogens with zero attached hydrogens (tertiary/aromatic N) is 3. The number of likely N-dealkylation sites (tertiary alicyclic amines) is 2. The number of H-pyrrole nitrogens is 1. The summed E-state index contributed by atoms with van der Waals surface area (Å²) in [6.45, 7) is 4.28. The standard InChI is InChI=1S/C26H31N5O5/c1-16-8-9-22(17-5-3-7-20(11-17)35-15-19-6-4-10-30(19)2)31(14-16)26(34)24(33)28-18-12-21-23(32)29-36-25(21)27-13-18/h3,5,7,11-13,16,19,22H,4,6,8-10,14-15H2,1-2H3,(H,28,33)(H,29,32)/t16-,19-,22+/m0/s1. The van der Waals surface area contributed by atoms with E-state index >= 15 is 0 Å². The van der Waals surface area contributed by atoms with Crippen LogP contribution < -0.4 is 15.6 Å². The Morgan fingerprint density at radius 2 is 2.11 bits per heavy atom. The zero-order valence-electron chi connectivity index (χ0n) is 20.5. The van der Waals surface area contributed by atoms with Gasteiger partial charge in [-0.3, -0.25) is 14.4 Å². The fraction of sp³-hybridized carbons (Fsp3) is 0.462. The van der Waals surface area contributed by atoms with Crippen LogP contribution in [0.1, 0.15) is 44.2 Å². The van der Waals surface area contributed by atoms with E-state index in [9.17, 15) is 14.4 Å². The minimum absolute atomic E-state index is 0.135. The van der Waals surface area contributed by atoms with Gasteiger partial charge in [-0.2, -0.15) is 5.16 Å². The van der Waals surface area contributed by atoms with Gasteiger partial charge in [-0.25, -0.2) is 4.98 Å². The number of aromatic amines is 1. The zero-order valence-corrected chi connectivity index (χ0v) is 20.5. The second-order valence-electron chi connectivity index (χ2n) is 9.88. The van der Waals surface area contributed by atoms with E-state index < -0.39 is 17.4 Å². The minimum atomic E-state index is -0.771. The summed E-state index contributed by atoms with van der Waals surface area (Å²) in [4.78, 5) is 46.0. The Morgan fingerprint density at radius 1 is 1.25 bits per heavy atom. The number of hydrogen-bond donors (Lipinski definition) is 2. The van der Waals surface area contributed by atoms with Crippen LogP contribution in [-0.2, 0) is 9.59 Å². The number of piperidine rings is 1. The van der Waals surface area contributed by atoms with E-state index in [0.29, 0.717) is 19.2 Å². The van der Waals surface area contributed by atoms with E-state index in [-0.39, 0.29) is 28.7 Å². The summed E-state index contributed by atoms with van der Waals surface area (Å²) < 4.78 is 11.0. The van der Waals surface area contributed by atoms with Gasteiger partial charge in [0.25, 0.3) is 11.3 Å². The number of carbonyl (C=O) groups excluding carboxylic acids is 2. The number of aromatic nitrogens is 2. The fourth-order valence-electron chi connectivity index (χ4n) is 5.15. The van der Waals surface area contributed by atoms with Crippen LogP contribution in [0.3, 0.4) is 0 Å². The van der Waals surface area contributed by atoms with E-state index in [1.807, 2.05) is 24.3 Å². The molecule has 2 aliphatic rings. The maximum atomic E-state index is 13.3. The van der Waals surface area contributed by atoms with Crippen LogP contribution in [0, 0.1) is 5.92 Å². The van der Waals surface area contributed by atoms with Crippen molar-refractivity contribution in [1.82, 2.24) is 19.9 Å². The summed E-state index contributed by atoms with van der Waals surface area (Å²) in [5.74, 6) is -0.343. The van der Waals surface area contributed by atoms with Crippen LogP contribution >= 0.6 is 0 Å². The molecule has 0 bridgehead atoms. The van der Waals surface area contributed by atoms with Gasteiger partial charge in [-0.1, -0.05) is 19.1 Å². The molecule has 10 heteroatoms. The summed E-state index contributed by atoms with van der Waals surface area (Å²) in [7, 11) is 2.12. The number of carbonyl (C=O) groups is 2. The lowest BCUT2D eigenvalue weighted by molar-refractivity contribution is -0.146. The average Bonchev–Trinajstić information content (AvgIpc) is 3.47. The smallest absolute Gasteiger partial charge is 0.313 e. The number of anilines is 1. The molecule has 190 valence electrons. The van der Waals surface area contributed by atoms with Crippen molar-refractivity contribution in [3.63, 3.8) is 0 Å². The van der Waals surface area contributed by atoms with Crippen molar-refractivity contribution in [3.8, 4) is 5.75 Å². The molecule has 2 aromatic heterocycles. The van der Waals surface area contributed by atoms with Gasteiger partial charge in [0.15, 0.2) is 0 Å². The van der Waals surface area contributed by atoms with E-state index in [1.165, 1.54) is 18.7 Å². The predicted molar refractivity (Wildman–Crippen MR) is 134 cm³/mol. The Labute approximate surface area is 208 Å². The molecule has 4 heterocycles. The van der Waals surface area contributed by atoms with E-state index in [4.69, 9.17) is 9.26 Å². The average molecular weight is 494 g/mol. The van der Waals surface area contributed by atoms with Crippen molar-refractivity contribution in [2.45, 2.75) is 44.7 Å². The largest absolute Gasteiger partial charge is 0.492 e. The quantitative estimate of drug-likeness (QED) is 0.524. The Bertz CT molecular complexity index is 1320. The van der Waals surface area contributed by atoms with E-state index in [1.54, 1.807) is 4.90 Å². The molecule has 2 amide bonds. The number of fused-ring (bicyclic) bond motifs is 1. The fourth-order valence-corrected chi connectivity index (χ4v) is 5.15. The lowest BCUT2D eigenvalue weighted by Gasteiger charge is -2.38. The third kappa shape index (κ3) is 4.99. The second-order valence-corrected chi connectivity index (χ2v) is 9.88. The number of ether oxygens (including phenoxy) is 1. The first kappa shape index (κ1) is 24.1. The molecule has 36 heavy (non-hydrogen) atoms. The molecule has 2 saturated heterocycles. The summed E-state index contributed by atoms with van der Waals surface area (Å²) in [6.07, 6.45) is 5.38. The highest BCUT2D eigenvalue weighted by Crippen LogP contribution is 2.35. The predicted octanol–water partition coefficient (Wildman–Crippen LogP) is 2.93. The summed E-state index contributed by atoms with van der Waals surface area (Å²) in [5, 5.41) is 4.98. The molecule has 10 nitrogen and oxygen atoms in total. The van der Waals surface area contributed by atoms with Crippen LogP contribution in [0.4, 0.5) is 5.69 Å². The molecule has 3 atom stereocenters. The lowest BCUT2D eigenvalue weighted by Crippen LogP contribution is -2.46. The van der Waals surface area contributed by atoms with Gasteiger partial charge in [-0.15, -0.1) is 0 Å². The first-order valence-corrected chi connectivity index (χ1v) is 12.4. The van der Waals surface area contributed by atoms with Crippen molar-refractivity contribution >= 4 is 28.6 Å². The van der Waals surface area contributed by atoms with Crippen molar-refractivity contribution in [3.05, 3.63) is 52.4 Å². The highest BCUT2D eigenvalue weighted by Gasteiger charge is 2.34. The third-order valence-corrected chi connectivity index (χ3v) is 7.22. The number of likely N-dealkylation sites (N-methyl/N-ethyl adjacent to an activating group) is 1. The van der Waals surface area contributed by atoms with Crippen LogP contribution in [0.25, 0.3) is 11.1 Å². The normalized spacial score (nSPS) is 22.6. The monoisotopic (exact) mass is 493 g/mol. The van der Waals surface area contributed by atoms with Crippen molar-refractivity contribution in [1.29, 1.82) is 0 Å². The van der Waals surface area contributed by atoms with E-state index in [0.717, 1.165) is 37.1 Å². The molecule has 0 aliphatic carbocycles. The summed E-state index contributed by atoms with van der Waals surface area (Å²) >= 11 is 0. The molecule has 2 N–H and O–H groups in total. The van der Waals surface area contributed by atoms with Crippen molar-refractivity contribution < 1.29 is 18.8 Å². The molecule has 0 spiro atoms. The lowest BCUT2D eigenvalue weighted by atomic mass is 9.89. The number of pyridine rings is 1. The number of hydrogen-bond acceptors (Lipinski definition) is 7. The first-order valence-electron chi connectivity index (χ1n) is 12.4. The van der Waals surface area contributed by atoms with Crippen LogP contribution in [-0.4, -0.2) is 64.5 Å². The summed E-state index contributed by atoms with van der Waals surface area (Å²) in [5.41, 5.74) is 0.887. The van der Waals surface area contributed by atoms with E-state index in [2.05, 4.69) is 34.3 Å². The molecular weight excluding hydrogens is 462 g/mol. The zero-order chi connectivity index (χ0) is 25.2. The third-order valence-electron chi connectivity index (χ3n) is 7.22. The molecule has 1 aromatic carbocycles. The Kier molecular flexibility index (Phi) is 6.77. The maximum Gasteiger partial charge on any atom is 0.313 e. The number of amides is 2. The number of rotatable bonds is 5. The summed E-state index contributed by atoms with van der Waals surface area (Å²) in [6, 6.07) is 9.46. The van der Waals surface area contributed by atoms with Gasteiger partial charge in [0.05, 0.1) is 17.9 Å². The molecular formula is C26H31N5O5. The van der Waals surface area contributed by atoms with Gasteiger partial charge in [-0.05, 0) is 69.0 Å². The Hall–Kier alpha value is -3.66. The van der Waals surface area contributed by atoms with Gasteiger partial charge in [0.2, 0.25) is 0 Å². The first-order chi connectivity index (χ1) is 17.4. The molecule has 0 radical (unpaired) electrons. The van der Waals surface area contributed by atoms with Gasteiger partial charge in [0.1, 0.15) is 17.7 Å². The van der Waals surface area contributed by atoms with Gasteiger partial charge in [0, 0.05) is 12.6 Å². The van der Waals surface area contributed by atoms with Crippen molar-refractivity contribution in [2.24, 2.45) is 5.92 Å².